The maximum Gasteiger partial charge on any atom is 0.261 e. The quantitative estimate of drug-likeness (QED) is 0.856. The molecular weight excluding hydrogens is 302 g/mol. The number of aliphatic hydroxyl groups is 1. The van der Waals surface area contributed by atoms with E-state index < -0.39 is 10.0 Å². The normalized spacial score (nSPS) is 11.2. The lowest BCUT2D eigenvalue weighted by Crippen LogP contribution is -2.13. The van der Waals surface area contributed by atoms with Gasteiger partial charge in [-0.25, -0.2) is 8.42 Å². The number of rotatable bonds is 6. The van der Waals surface area contributed by atoms with E-state index in [4.69, 9.17) is 9.84 Å². The zero-order chi connectivity index (χ0) is 16.2. The van der Waals surface area contributed by atoms with Crippen molar-refractivity contribution in [3.63, 3.8) is 0 Å². The van der Waals surface area contributed by atoms with Crippen LogP contribution in [0.2, 0.25) is 0 Å². The van der Waals surface area contributed by atoms with Gasteiger partial charge in [0.15, 0.2) is 0 Å². The van der Waals surface area contributed by atoms with Gasteiger partial charge >= 0.3 is 0 Å². The molecule has 5 nitrogen and oxygen atoms in total. The second-order valence-electron chi connectivity index (χ2n) is 4.91. The van der Waals surface area contributed by atoms with Crippen molar-refractivity contribution in [2.45, 2.75) is 18.2 Å². The molecular formula is C16H19NO4S. The van der Waals surface area contributed by atoms with Crippen molar-refractivity contribution in [1.82, 2.24) is 0 Å². The average molecular weight is 321 g/mol. The highest BCUT2D eigenvalue weighted by atomic mass is 32.2. The van der Waals surface area contributed by atoms with E-state index in [0.717, 1.165) is 11.1 Å². The second-order valence-corrected chi connectivity index (χ2v) is 6.59. The Balaban J connectivity index is 2.21. The minimum atomic E-state index is -3.64. The molecule has 0 aliphatic heterocycles. The monoisotopic (exact) mass is 321 g/mol. The fraction of sp³-hybridized carbons (Fsp3) is 0.250. The minimum absolute atomic E-state index is 0.0657. The number of hydrogen-bond donors (Lipinski definition) is 2. The van der Waals surface area contributed by atoms with Crippen LogP contribution in [0.1, 0.15) is 11.1 Å². The molecule has 0 unspecified atom stereocenters. The summed E-state index contributed by atoms with van der Waals surface area (Å²) < 4.78 is 32.4. The molecule has 22 heavy (non-hydrogen) atoms. The van der Waals surface area contributed by atoms with Gasteiger partial charge in [0.25, 0.3) is 10.0 Å². The molecule has 0 spiro atoms. The summed E-state index contributed by atoms with van der Waals surface area (Å²) >= 11 is 0. The van der Waals surface area contributed by atoms with Gasteiger partial charge in [0.2, 0.25) is 0 Å². The Morgan fingerprint density at radius 3 is 2.36 bits per heavy atom. The topological polar surface area (TPSA) is 75.6 Å². The van der Waals surface area contributed by atoms with Crippen LogP contribution in [-0.2, 0) is 16.4 Å². The Morgan fingerprint density at radius 2 is 1.82 bits per heavy atom. The highest BCUT2D eigenvalue weighted by Gasteiger charge is 2.15. The number of aliphatic hydroxyl groups excluding tert-OH is 1. The first-order valence-corrected chi connectivity index (χ1v) is 8.32. The molecule has 2 aromatic rings. The smallest absolute Gasteiger partial charge is 0.261 e. The molecule has 2 N–H and O–H groups in total. The fourth-order valence-electron chi connectivity index (χ4n) is 2.10. The number of methoxy groups -OCH3 is 1. The van der Waals surface area contributed by atoms with Crippen LogP contribution in [0.15, 0.2) is 47.4 Å². The van der Waals surface area contributed by atoms with Crippen LogP contribution in [0.25, 0.3) is 0 Å². The highest BCUT2D eigenvalue weighted by Crippen LogP contribution is 2.23. The summed E-state index contributed by atoms with van der Waals surface area (Å²) in [6.45, 7) is 1.86. The Morgan fingerprint density at radius 1 is 1.14 bits per heavy atom. The zero-order valence-corrected chi connectivity index (χ0v) is 13.4. The van der Waals surface area contributed by atoms with Crippen molar-refractivity contribution in [2.75, 3.05) is 18.4 Å². The van der Waals surface area contributed by atoms with Gasteiger partial charge in [-0.3, -0.25) is 4.72 Å². The van der Waals surface area contributed by atoms with E-state index in [1.54, 1.807) is 50.4 Å². The zero-order valence-electron chi connectivity index (χ0n) is 12.5. The van der Waals surface area contributed by atoms with Gasteiger partial charge in [0.05, 0.1) is 12.0 Å². The number of hydrogen-bond acceptors (Lipinski definition) is 4. The third-order valence-corrected chi connectivity index (χ3v) is 4.66. The molecule has 0 bridgehead atoms. The fourth-order valence-corrected chi connectivity index (χ4v) is 3.24. The summed E-state index contributed by atoms with van der Waals surface area (Å²) in [5, 5.41) is 8.87. The molecule has 2 rings (SSSR count). The molecule has 0 radical (unpaired) electrons. The van der Waals surface area contributed by atoms with Gasteiger partial charge in [-0.1, -0.05) is 12.1 Å². The van der Waals surface area contributed by atoms with Gasteiger partial charge in [-0.05, 0) is 54.8 Å². The summed E-state index contributed by atoms with van der Waals surface area (Å²) in [6, 6.07) is 11.6. The van der Waals surface area contributed by atoms with Crippen molar-refractivity contribution in [1.29, 1.82) is 0 Å². The van der Waals surface area contributed by atoms with Gasteiger partial charge in [-0.15, -0.1) is 0 Å². The van der Waals surface area contributed by atoms with E-state index in [1.807, 2.05) is 0 Å². The highest BCUT2D eigenvalue weighted by molar-refractivity contribution is 7.92. The summed E-state index contributed by atoms with van der Waals surface area (Å²) in [7, 11) is -2.10. The van der Waals surface area contributed by atoms with Gasteiger partial charge in [0.1, 0.15) is 5.75 Å². The summed E-state index contributed by atoms with van der Waals surface area (Å²) in [4.78, 5) is 0.185. The third kappa shape index (κ3) is 3.78. The van der Waals surface area contributed by atoms with Crippen LogP contribution in [0, 0.1) is 6.92 Å². The maximum atomic E-state index is 12.4. The van der Waals surface area contributed by atoms with Gasteiger partial charge in [0, 0.05) is 12.3 Å². The second kappa shape index (κ2) is 6.81. The van der Waals surface area contributed by atoms with Crippen molar-refractivity contribution < 1.29 is 18.3 Å². The molecule has 0 fully saturated rings. The third-order valence-electron chi connectivity index (χ3n) is 3.28. The summed E-state index contributed by atoms with van der Waals surface area (Å²) in [5.41, 5.74) is 2.18. The van der Waals surface area contributed by atoms with Crippen molar-refractivity contribution in [3.8, 4) is 5.75 Å². The standard InChI is InChI=1S/C16H19NO4S/c1-12-11-15(7-8-16(12)21-2)22(19,20)17-14-5-3-13(4-6-14)9-10-18/h3-8,11,17-18H,9-10H2,1-2H3. The SMILES string of the molecule is COc1ccc(S(=O)(=O)Nc2ccc(CCO)cc2)cc1C. The number of sulfonamides is 1. The molecule has 0 amide bonds. The lowest BCUT2D eigenvalue weighted by atomic mass is 10.1. The van der Waals surface area contributed by atoms with Crippen LogP contribution < -0.4 is 9.46 Å². The lowest BCUT2D eigenvalue weighted by molar-refractivity contribution is 0.299. The number of aryl methyl sites for hydroxylation is 1. The maximum absolute atomic E-state index is 12.4. The van der Waals surface area contributed by atoms with E-state index in [-0.39, 0.29) is 11.5 Å². The Hall–Kier alpha value is -2.05. The molecule has 0 saturated carbocycles. The van der Waals surface area contributed by atoms with Crippen LogP contribution >= 0.6 is 0 Å². The van der Waals surface area contributed by atoms with Crippen molar-refractivity contribution >= 4 is 15.7 Å². The summed E-state index contributed by atoms with van der Waals surface area (Å²) in [6.07, 6.45) is 0.546. The molecule has 118 valence electrons. The predicted molar refractivity (Wildman–Crippen MR) is 85.8 cm³/mol. The van der Waals surface area contributed by atoms with Crippen LogP contribution in [0.4, 0.5) is 5.69 Å². The molecule has 6 heteroatoms. The van der Waals surface area contributed by atoms with Crippen LogP contribution in [0.5, 0.6) is 5.75 Å². The Labute approximate surface area is 130 Å². The molecule has 0 aromatic heterocycles. The van der Waals surface area contributed by atoms with E-state index in [2.05, 4.69) is 4.72 Å². The molecule has 2 aromatic carbocycles. The molecule has 0 atom stereocenters. The average Bonchev–Trinajstić information content (AvgIpc) is 2.49. The molecule has 0 saturated heterocycles. The Bertz CT molecular complexity index is 739. The minimum Gasteiger partial charge on any atom is -0.496 e. The largest absolute Gasteiger partial charge is 0.496 e. The first-order chi connectivity index (χ1) is 10.5. The van der Waals surface area contributed by atoms with Crippen molar-refractivity contribution in [3.05, 3.63) is 53.6 Å². The predicted octanol–water partition coefficient (Wildman–Crippen LogP) is 2.34. The van der Waals surface area contributed by atoms with Crippen molar-refractivity contribution in [2.24, 2.45) is 0 Å². The van der Waals surface area contributed by atoms with Crippen LogP contribution in [0.3, 0.4) is 0 Å². The molecule has 0 aliphatic carbocycles. The van der Waals surface area contributed by atoms with Gasteiger partial charge < -0.3 is 9.84 Å². The van der Waals surface area contributed by atoms with E-state index in [1.165, 1.54) is 6.07 Å². The number of benzene rings is 2. The number of anilines is 1. The number of nitrogens with one attached hydrogen (secondary N) is 1. The Kier molecular flexibility index (Phi) is 5.05. The molecule has 0 heterocycles. The summed E-state index contributed by atoms with van der Waals surface area (Å²) in [5.74, 6) is 0.646. The number of ether oxygens (including phenoxy) is 1. The first kappa shape index (κ1) is 16.3. The van der Waals surface area contributed by atoms with E-state index in [0.29, 0.717) is 17.9 Å². The van der Waals surface area contributed by atoms with E-state index in [9.17, 15) is 8.42 Å². The van der Waals surface area contributed by atoms with Crippen LogP contribution in [-0.4, -0.2) is 27.2 Å². The lowest BCUT2D eigenvalue weighted by Gasteiger charge is -2.11. The first-order valence-electron chi connectivity index (χ1n) is 6.83. The van der Waals surface area contributed by atoms with Gasteiger partial charge in [-0.2, -0.15) is 0 Å². The van der Waals surface area contributed by atoms with E-state index >= 15 is 0 Å². The molecule has 0 aliphatic rings.